The second kappa shape index (κ2) is 5.64. The van der Waals surface area contributed by atoms with Gasteiger partial charge in [-0.1, -0.05) is 15.9 Å². The predicted octanol–water partition coefficient (Wildman–Crippen LogP) is 3.29. The first kappa shape index (κ1) is 13.5. The minimum Gasteiger partial charge on any atom is -0.338 e. The van der Waals surface area contributed by atoms with Crippen molar-refractivity contribution in [3.63, 3.8) is 0 Å². The lowest BCUT2D eigenvalue weighted by atomic mass is 10.1. The molecule has 1 aromatic rings. The van der Waals surface area contributed by atoms with Crippen molar-refractivity contribution in [1.82, 2.24) is 4.90 Å². The lowest BCUT2D eigenvalue weighted by Crippen LogP contribution is -2.36. The van der Waals surface area contributed by atoms with Crippen molar-refractivity contribution in [2.24, 2.45) is 0 Å². The Morgan fingerprint density at radius 2 is 2.25 bits per heavy atom. The van der Waals surface area contributed by atoms with Gasteiger partial charge in [-0.3, -0.25) is 4.79 Å². The number of amides is 1. The first-order chi connectivity index (χ1) is 7.47. The maximum absolute atomic E-state index is 13.4. The Balaban J connectivity index is 3.00. The van der Waals surface area contributed by atoms with Crippen LogP contribution in [0.4, 0.5) is 4.39 Å². The molecule has 0 N–H and O–H groups in total. The monoisotopic (exact) mass is 307 g/mol. The second-order valence-corrected chi connectivity index (χ2v) is 4.77. The molecule has 0 saturated carbocycles. The SMILES string of the molecule is CC(CCl)N(C)C(=O)c1cc(Br)ccc1F. The lowest BCUT2D eigenvalue weighted by Gasteiger charge is -2.23. The van der Waals surface area contributed by atoms with Crippen LogP contribution in [0, 0.1) is 5.82 Å². The van der Waals surface area contributed by atoms with E-state index in [1.807, 2.05) is 0 Å². The number of alkyl halides is 1. The van der Waals surface area contributed by atoms with Crippen LogP contribution in [-0.2, 0) is 0 Å². The molecule has 1 unspecified atom stereocenters. The van der Waals surface area contributed by atoms with Crippen molar-refractivity contribution in [2.75, 3.05) is 12.9 Å². The van der Waals surface area contributed by atoms with Crippen LogP contribution in [0.25, 0.3) is 0 Å². The highest BCUT2D eigenvalue weighted by molar-refractivity contribution is 9.10. The van der Waals surface area contributed by atoms with Gasteiger partial charge in [-0.2, -0.15) is 0 Å². The molecular formula is C11H12BrClFNO. The molecule has 0 spiro atoms. The third kappa shape index (κ3) is 2.95. The van der Waals surface area contributed by atoms with Crippen LogP contribution in [0.5, 0.6) is 0 Å². The van der Waals surface area contributed by atoms with E-state index in [1.54, 1.807) is 20.0 Å². The normalized spacial score (nSPS) is 12.3. The van der Waals surface area contributed by atoms with Crippen LogP contribution in [0.1, 0.15) is 17.3 Å². The average Bonchev–Trinajstić information content (AvgIpc) is 2.29. The highest BCUT2D eigenvalue weighted by Gasteiger charge is 2.20. The predicted molar refractivity (Wildman–Crippen MR) is 66.4 cm³/mol. The van der Waals surface area contributed by atoms with Crippen molar-refractivity contribution < 1.29 is 9.18 Å². The van der Waals surface area contributed by atoms with Crippen LogP contribution in [0.3, 0.4) is 0 Å². The summed E-state index contributed by atoms with van der Waals surface area (Å²) in [4.78, 5) is 13.4. The fraction of sp³-hybridized carbons (Fsp3) is 0.364. The number of hydrogen-bond acceptors (Lipinski definition) is 1. The summed E-state index contributed by atoms with van der Waals surface area (Å²) in [6.07, 6.45) is 0. The van der Waals surface area contributed by atoms with Gasteiger partial charge in [0.2, 0.25) is 0 Å². The Morgan fingerprint density at radius 3 is 2.81 bits per heavy atom. The van der Waals surface area contributed by atoms with E-state index < -0.39 is 5.82 Å². The fourth-order valence-electron chi connectivity index (χ4n) is 1.16. The maximum Gasteiger partial charge on any atom is 0.256 e. The van der Waals surface area contributed by atoms with Crippen LogP contribution in [0.15, 0.2) is 22.7 Å². The third-order valence-corrected chi connectivity index (χ3v) is 3.30. The number of halogens is 3. The molecule has 1 amide bonds. The number of hydrogen-bond donors (Lipinski definition) is 0. The molecule has 0 aromatic heterocycles. The summed E-state index contributed by atoms with van der Waals surface area (Å²) in [6.45, 7) is 1.81. The number of carbonyl (C=O) groups excluding carboxylic acids is 1. The fourth-order valence-corrected chi connectivity index (χ4v) is 1.72. The Labute approximate surface area is 108 Å². The molecule has 0 saturated heterocycles. The molecule has 0 bridgehead atoms. The first-order valence-electron chi connectivity index (χ1n) is 4.75. The van der Waals surface area contributed by atoms with Crippen LogP contribution < -0.4 is 0 Å². The average molecular weight is 309 g/mol. The largest absolute Gasteiger partial charge is 0.338 e. The molecule has 1 rings (SSSR count). The summed E-state index contributed by atoms with van der Waals surface area (Å²) < 4.78 is 14.1. The lowest BCUT2D eigenvalue weighted by molar-refractivity contribution is 0.0752. The number of rotatable bonds is 3. The van der Waals surface area contributed by atoms with Crippen LogP contribution in [0.2, 0.25) is 0 Å². The molecule has 0 aliphatic heterocycles. The molecule has 5 heteroatoms. The minimum absolute atomic E-state index is 0.0499. The molecule has 2 nitrogen and oxygen atoms in total. The summed E-state index contributed by atoms with van der Waals surface area (Å²) in [5, 5.41) is 0. The van der Waals surface area contributed by atoms with Gasteiger partial charge in [0.25, 0.3) is 5.91 Å². The van der Waals surface area contributed by atoms with E-state index in [0.29, 0.717) is 10.4 Å². The van der Waals surface area contributed by atoms with Crippen molar-refractivity contribution in [1.29, 1.82) is 0 Å². The molecular weight excluding hydrogens is 296 g/mol. The topological polar surface area (TPSA) is 20.3 Å². The van der Waals surface area contributed by atoms with E-state index >= 15 is 0 Å². The molecule has 16 heavy (non-hydrogen) atoms. The molecule has 0 heterocycles. The molecule has 0 aliphatic carbocycles. The van der Waals surface area contributed by atoms with Crippen molar-refractivity contribution >= 4 is 33.4 Å². The zero-order valence-corrected chi connectivity index (χ0v) is 11.3. The number of carbonyl (C=O) groups is 1. The number of benzene rings is 1. The minimum atomic E-state index is -0.526. The van der Waals surface area contributed by atoms with Gasteiger partial charge in [-0.05, 0) is 25.1 Å². The smallest absolute Gasteiger partial charge is 0.256 e. The highest BCUT2D eigenvalue weighted by Crippen LogP contribution is 2.17. The zero-order chi connectivity index (χ0) is 12.3. The summed E-state index contributed by atoms with van der Waals surface area (Å²) >= 11 is 8.86. The van der Waals surface area contributed by atoms with Gasteiger partial charge in [0.05, 0.1) is 5.56 Å². The Bertz CT molecular complexity index is 400. The van der Waals surface area contributed by atoms with Crippen molar-refractivity contribution in [2.45, 2.75) is 13.0 Å². The second-order valence-electron chi connectivity index (χ2n) is 3.54. The summed E-state index contributed by atoms with van der Waals surface area (Å²) in [5.74, 6) is -0.577. The van der Waals surface area contributed by atoms with Gasteiger partial charge in [0.15, 0.2) is 0 Å². The Kier molecular flexibility index (Phi) is 4.74. The van der Waals surface area contributed by atoms with Gasteiger partial charge in [0, 0.05) is 23.4 Å². The van der Waals surface area contributed by atoms with Gasteiger partial charge >= 0.3 is 0 Å². The van der Waals surface area contributed by atoms with Crippen LogP contribution >= 0.6 is 27.5 Å². The standard InChI is InChI=1S/C11H12BrClFNO/c1-7(6-13)15(2)11(16)9-5-8(12)3-4-10(9)14/h3-5,7H,6H2,1-2H3. The van der Waals surface area contributed by atoms with Gasteiger partial charge in [0.1, 0.15) is 5.82 Å². The molecule has 88 valence electrons. The quantitative estimate of drug-likeness (QED) is 0.785. The maximum atomic E-state index is 13.4. The van der Waals surface area contributed by atoms with Crippen molar-refractivity contribution in [3.05, 3.63) is 34.1 Å². The van der Waals surface area contributed by atoms with Gasteiger partial charge in [-0.25, -0.2) is 4.39 Å². The molecule has 0 aliphatic rings. The van der Waals surface area contributed by atoms with E-state index in [0.717, 1.165) is 0 Å². The first-order valence-corrected chi connectivity index (χ1v) is 6.08. The number of nitrogens with zero attached hydrogens (tertiary/aromatic N) is 1. The highest BCUT2D eigenvalue weighted by atomic mass is 79.9. The van der Waals surface area contributed by atoms with Gasteiger partial charge < -0.3 is 4.90 Å². The zero-order valence-electron chi connectivity index (χ0n) is 9.01. The summed E-state index contributed by atoms with van der Waals surface area (Å²) in [5.41, 5.74) is 0.0499. The molecule has 1 atom stereocenters. The molecule has 0 fully saturated rings. The van der Waals surface area contributed by atoms with E-state index in [2.05, 4.69) is 15.9 Å². The Morgan fingerprint density at radius 1 is 1.62 bits per heavy atom. The van der Waals surface area contributed by atoms with E-state index in [4.69, 9.17) is 11.6 Å². The summed E-state index contributed by atoms with van der Waals surface area (Å²) in [6, 6.07) is 4.15. The van der Waals surface area contributed by atoms with Crippen molar-refractivity contribution in [3.8, 4) is 0 Å². The molecule has 0 radical (unpaired) electrons. The van der Waals surface area contributed by atoms with E-state index in [-0.39, 0.29) is 17.5 Å². The molecule has 1 aromatic carbocycles. The van der Waals surface area contributed by atoms with Gasteiger partial charge in [-0.15, -0.1) is 11.6 Å². The Hall–Kier alpha value is -0.610. The van der Waals surface area contributed by atoms with E-state index in [1.165, 1.54) is 17.0 Å². The van der Waals surface area contributed by atoms with E-state index in [9.17, 15) is 9.18 Å². The third-order valence-electron chi connectivity index (χ3n) is 2.36. The summed E-state index contributed by atoms with van der Waals surface area (Å²) in [7, 11) is 1.61. The van der Waals surface area contributed by atoms with Crippen LogP contribution in [-0.4, -0.2) is 29.8 Å².